The molecule has 21 heteroatoms. The second-order valence-electron chi connectivity index (χ2n) is 20.3. The molecule has 5 aromatic carbocycles. The molecule has 3 aliphatic rings. The van der Waals surface area contributed by atoms with Gasteiger partial charge in [-0.05, 0) is 154 Å². The lowest BCUT2D eigenvalue weighted by atomic mass is 9.97. The molecule has 1 N–H and O–H groups in total. The van der Waals surface area contributed by atoms with Crippen LogP contribution >= 0.6 is 30.9 Å². The average molecular weight is 1160 g/mol. The van der Waals surface area contributed by atoms with Gasteiger partial charge in [0.2, 0.25) is 0 Å². The van der Waals surface area contributed by atoms with E-state index in [1.54, 1.807) is 43.0 Å². The van der Waals surface area contributed by atoms with Crippen molar-refractivity contribution in [2.45, 2.75) is 78.8 Å². The summed E-state index contributed by atoms with van der Waals surface area (Å²) in [6.07, 6.45) is 2.67. The van der Waals surface area contributed by atoms with Crippen LogP contribution in [-0.4, -0.2) is 114 Å². The molecule has 2 atom stereocenters. The Morgan fingerprint density at radius 3 is 2.05 bits per heavy atom. The highest BCUT2D eigenvalue weighted by atomic mass is 35.5. The van der Waals surface area contributed by atoms with Gasteiger partial charge in [0.05, 0.1) is 40.0 Å². The van der Waals surface area contributed by atoms with Gasteiger partial charge in [-0.15, -0.1) is 11.8 Å². The SMILES string of the molecule is Cc1c(S(C)(=O)=O)c(-c2cc(F)cc(N3CCN(c4ccc(N5CCO[P@]5(=O)c5ccc(C[C@H](CCN6CCC(O)CC6)CSc6ccccc6)c(S(=O)(=O)C(F)(F)F)c5)cc4)CC3)c2)c(-c2ccc(Cl)cc2)n1C(C)C. The van der Waals surface area contributed by atoms with Gasteiger partial charge in [-0.2, -0.15) is 13.2 Å². The standard InChI is InChI=1S/C56H63ClF4N5O7PS3/c1-38(2)66-39(3)55(76(4,69)70)53(54(66)41-10-13-44(57)14-11-41)43-33-45(58)35-48(34-43)64-28-26-63(27-29-64)46-15-17-47(18-16-46)65-30-31-73-74(65,68)50-19-12-42(52(36-50)77(71,72)56(59,60)61)32-40(37-75-51-8-6-5-7-9-51)20-23-62-24-21-49(67)22-25-62/h5-19,33-36,38,40,49,67H,20-32,37H2,1-4H3/t40-,74+/m0/s1. The number of piperidine rings is 1. The summed E-state index contributed by atoms with van der Waals surface area (Å²) in [5, 5.41) is 10.4. The highest BCUT2D eigenvalue weighted by Crippen LogP contribution is 2.56. The van der Waals surface area contributed by atoms with E-state index in [-0.39, 0.29) is 53.4 Å². The quantitative estimate of drug-likeness (QED) is 0.0530. The first-order chi connectivity index (χ1) is 36.5. The molecule has 3 saturated heterocycles. The smallest absolute Gasteiger partial charge is 0.393 e. The Labute approximate surface area is 458 Å². The van der Waals surface area contributed by atoms with Crippen molar-refractivity contribution in [3.8, 4) is 22.4 Å². The highest BCUT2D eigenvalue weighted by molar-refractivity contribution is 7.99. The van der Waals surface area contributed by atoms with E-state index in [2.05, 4.69) is 14.7 Å². The third-order valence-corrected chi connectivity index (χ3v) is 21.6. The van der Waals surface area contributed by atoms with E-state index in [9.17, 15) is 35.1 Å². The Balaban J connectivity index is 0.938. The molecule has 412 valence electrons. The second-order valence-corrected chi connectivity index (χ2v) is 28.0. The van der Waals surface area contributed by atoms with Crippen LogP contribution in [0.3, 0.4) is 0 Å². The predicted octanol–water partition coefficient (Wildman–Crippen LogP) is 11.7. The number of alkyl halides is 3. The number of halogens is 5. The Hall–Kier alpha value is -4.85. The van der Waals surface area contributed by atoms with E-state index >= 15 is 8.96 Å². The minimum absolute atomic E-state index is 0.0145. The molecule has 0 saturated carbocycles. The first-order valence-electron chi connectivity index (χ1n) is 25.7. The van der Waals surface area contributed by atoms with Crippen molar-refractivity contribution in [3.05, 3.63) is 137 Å². The minimum atomic E-state index is -5.90. The molecular weight excluding hydrogens is 1090 g/mol. The van der Waals surface area contributed by atoms with Crippen LogP contribution in [0, 0.1) is 18.7 Å². The van der Waals surface area contributed by atoms with Crippen molar-refractivity contribution in [2.75, 3.05) is 85.4 Å². The number of sulfone groups is 2. The van der Waals surface area contributed by atoms with Crippen LogP contribution in [0.15, 0.2) is 130 Å². The molecule has 1 aromatic heterocycles. The zero-order valence-corrected chi connectivity index (χ0v) is 47.4. The lowest BCUT2D eigenvalue weighted by Crippen LogP contribution is -2.46. The van der Waals surface area contributed by atoms with Crippen molar-refractivity contribution in [2.24, 2.45) is 5.92 Å². The summed E-state index contributed by atoms with van der Waals surface area (Å²) in [5.74, 6) is -0.232. The van der Waals surface area contributed by atoms with Crippen LogP contribution in [0.5, 0.6) is 0 Å². The molecular formula is C56H63ClF4N5O7PS3. The Morgan fingerprint density at radius 2 is 1.43 bits per heavy atom. The van der Waals surface area contributed by atoms with Gasteiger partial charge in [0.15, 0.2) is 9.84 Å². The maximum absolute atomic E-state index is 15.8. The van der Waals surface area contributed by atoms with Gasteiger partial charge in [-0.25, -0.2) is 21.2 Å². The second kappa shape index (κ2) is 23.1. The van der Waals surface area contributed by atoms with E-state index in [1.165, 1.54) is 35.2 Å². The zero-order chi connectivity index (χ0) is 55.0. The Morgan fingerprint density at radius 1 is 0.792 bits per heavy atom. The molecule has 0 spiro atoms. The number of aliphatic hydroxyl groups is 1. The van der Waals surface area contributed by atoms with Crippen molar-refractivity contribution in [1.82, 2.24) is 9.47 Å². The normalized spacial score (nSPS) is 18.7. The summed E-state index contributed by atoms with van der Waals surface area (Å²) >= 11 is 7.81. The van der Waals surface area contributed by atoms with Crippen molar-refractivity contribution in [3.63, 3.8) is 0 Å². The number of aromatic nitrogens is 1. The zero-order valence-electron chi connectivity index (χ0n) is 43.3. The molecule has 0 unspecified atom stereocenters. The highest BCUT2D eigenvalue weighted by Gasteiger charge is 2.49. The number of nitrogens with zero attached hydrogens (tertiary/aromatic N) is 5. The Bertz CT molecular complexity index is 3350. The van der Waals surface area contributed by atoms with Gasteiger partial charge >= 0.3 is 13.0 Å². The van der Waals surface area contributed by atoms with Gasteiger partial charge in [0, 0.05) is 95.6 Å². The summed E-state index contributed by atoms with van der Waals surface area (Å²) < 4.78 is 138. The monoisotopic (exact) mass is 1160 g/mol. The molecule has 3 fully saturated rings. The number of rotatable bonds is 17. The van der Waals surface area contributed by atoms with Gasteiger partial charge in [-0.1, -0.05) is 48.0 Å². The fourth-order valence-corrected chi connectivity index (χ4v) is 16.7. The van der Waals surface area contributed by atoms with E-state index < -0.39 is 43.4 Å². The summed E-state index contributed by atoms with van der Waals surface area (Å²) in [6.45, 7) is 9.88. The van der Waals surface area contributed by atoms with Crippen LogP contribution < -0.4 is 19.8 Å². The van der Waals surface area contributed by atoms with Crippen LogP contribution in [0.1, 0.15) is 50.4 Å². The lowest BCUT2D eigenvalue weighted by molar-refractivity contribution is -0.0436. The van der Waals surface area contributed by atoms with Gasteiger partial charge in [0.1, 0.15) is 5.82 Å². The molecule has 0 bridgehead atoms. The predicted molar refractivity (Wildman–Crippen MR) is 300 cm³/mol. The molecule has 12 nitrogen and oxygen atoms in total. The number of hydrogen-bond donors (Lipinski definition) is 1. The molecule has 9 rings (SSSR count). The molecule has 4 heterocycles. The van der Waals surface area contributed by atoms with Gasteiger partial charge in [0.25, 0.3) is 9.84 Å². The number of likely N-dealkylation sites (tertiary alicyclic amines) is 1. The van der Waals surface area contributed by atoms with Gasteiger partial charge < -0.3 is 28.9 Å². The largest absolute Gasteiger partial charge is 0.501 e. The van der Waals surface area contributed by atoms with E-state index in [0.29, 0.717) is 110 Å². The molecule has 3 aliphatic heterocycles. The van der Waals surface area contributed by atoms with Crippen molar-refractivity contribution < 1.29 is 48.6 Å². The van der Waals surface area contributed by atoms with Crippen LogP contribution in [0.4, 0.5) is 34.6 Å². The summed E-state index contributed by atoms with van der Waals surface area (Å²) in [5.41, 5.74) is -0.980. The summed E-state index contributed by atoms with van der Waals surface area (Å²) in [7, 11) is -13.8. The Kier molecular flexibility index (Phi) is 17.0. The fourth-order valence-electron chi connectivity index (χ4n) is 10.9. The lowest BCUT2D eigenvalue weighted by Gasteiger charge is -2.37. The van der Waals surface area contributed by atoms with Crippen molar-refractivity contribution >= 4 is 72.9 Å². The van der Waals surface area contributed by atoms with Crippen molar-refractivity contribution in [1.29, 1.82) is 0 Å². The number of piperazine rings is 1. The number of hydrogen-bond acceptors (Lipinski definition) is 11. The van der Waals surface area contributed by atoms with Crippen LogP contribution in [0.2, 0.25) is 5.02 Å². The maximum atomic E-state index is 15.8. The first kappa shape index (κ1) is 56.9. The third kappa shape index (κ3) is 12.3. The van der Waals surface area contributed by atoms with E-state index in [4.69, 9.17) is 16.1 Å². The summed E-state index contributed by atoms with van der Waals surface area (Å²) in [6, 6.07) is 32.1. The number of aliphatic hydroxyl groups excluding tert-OH is 1. The molecule has 0 aliphatic carbocycles. The third-order valence-electron chi connectivity index (χ3n) is 14.7. The number of anilines is 3. The molecule has 0 radical (unpaired) electrons. The first-order valence-corrected chi connectivity index (χ1v) is 32.0. The van der Waals surface area contributed by atoms with Crippen LogP contribution in [0.25, 0.3) is 22.4 Å². The molecule has 77 heavy (non-hydrogen) atoms. The average Bonchev–Trinajstić information content (AvgIpc) is 4.15. The minimum Gasteiger partial charge on any atom is -0.393 e. The van der Waals surface area contributed by atoms with E-state index in [0.717, 1.165) is 22.2 Å². The molecule has 6 aromatic rings. The van der Waals surface area contributed by atoms with Crippen LogP contribution in [-0.2, 0) is 35.2 Å². The maximum Gasteiger partial charge on any atom is 0.501 e. The summed E-state index contributed by atoms with van der Waals surface area (Å²) in [4.78, 5) is 6.58. The fraction of sp³-hybridized carbons (Fsp3) is 0.393. The van der Waals surface area contributed by atoms with Gasteiger partial charge in [-0.3, -0.25) is 9.24 Å². The van der Waals surface area contributed by atoms with E-state index in [1.807, 2.05) is 79.1 Å². The molecule has 0 amide bonds. The number of benzene rings is 5. The topological polar surface area (TPSA) is 133 Å². The number of thioether (sulfide) groups is 1.